The Labute approximate surface area is 175 Å². The first kappa shape index (κ1) is 19.2. The Morgan fingerprint density at radius 3 is 2.41 bits per heavy atom. The number of anilines is 1. The zero-order chi connectivity index (χ0) is 20.2. The van der Waals surface area contributed by atoms with Crippen molar-refractivity contribution in [1.82, 2.24) is 4.98 Å². The Bertz CT molecular complexity index is 1170. The maximum absolute atomic E-state index is 13.0. The number of amides is 1. The Kier molecular flexibility index (Phi) is 5.63. The van der Waals surface area contributed by atoms with E-state index >= 15 is 0 Å². The molecule has 0 saturated carbocycles. The third kappa shape index (κ3) is 4.03. The molecule has 0 unspecified atom stereocenters. The molecule has 0 fully saturated rings. The Morgan fingerprint density at radius 1 is 0.931 bits per heavy atom. The molecule has 0 atom stereocenters. The Morgan fingerprint density at radius 2 is 1.62 bits per heavy atom. The van der Waals surface area contributed by atoms with Crippen LogP contribution in [0.1, 0.15) is 11.3 Å². The minimum Gasteiger partial charge on any atom is -0.325 e. The number of rotatable bonds is 5. The van der Waals surface area contributed by atoms with Crippen molar-refractivity contribution in [3.05, 3.63) is 90.1 Å². The van der Waals surface area contributed by atoms with E-state index in [1.807, 2.05) is 73.8 Å². The van der Waals surface area contributed by atoms with Gasteiger partial charge in [-0.25, -0.2) is 0 Å². The van der Waals surface area contributed by atoms with Gasteiger partial charge in [-0.15, -0.1) is 11.8 Å². The number of aromatic nitrogens is 1. The van der Waals surface area contributed by atoms with Crippen molar-refractivity contribution in [2.24, 2.45) is 0 Å². The van der Waals surface area contributed by atoms with Gasteiger partial charge in [-0.05, 0) is 48.1 Å². The number of carbonyl (C=O) groups excluding carboxylic acids is 1. The lowest BCUT2D eigenvalue weighted by Gasteiger charge is -2.16. The first-order valence-electron chi connectivity index (χ1n) is 9.54. The van der Waals surface area contributed by atoms with Crippen molar-refractivity contribution >= 4 is 34.3 Å². The summed E-state index contributed by atoms with van der Waals surface area (Å²) in [5, 5.41) is 4.14. The third-order valence-electron chi connectivity index (χ3n) is 4.98. The number of pyridine rings is 1. The lowest BCUT2D eigenvalue weighted by atomic mass is 9.92. The van der Waals surface area contributed by atoms with Crippen LogP contribution < -0.4 is 5.32 Å². The van der Waals surface area contributed by atoms with Crippen LogP contribution in [0.5, 0.6) is 0 Å². The van der Waals surface area contributed by atoms with Gasteiger partial charge in [-0.1, -0.05) is 60.7 Å². The number of fused-ring (bicyclic) bond motifs is 1. The minimum atomic E-state index is -0.0381. The fourth-order valence-electron chi connectivity index (χ4n) is 3.63. The van der Waals surface area contributed by atoms with E-state index in [1.165, 1.54) is 0 Å². The highest BCUT2D eigenvalue weighted by Gasteiger charge is 2.17. The van der Waals surface area contributed by atoms with Crippen molar-refractivity contribution in [2.75, 3.05) is 11.6 Å². The normalized spacial score (nSPS) is 10.8. The molecule has 4 heteroatoms. The summed E-state index contributed by atoms with van der Waals surface area (Å²) in [4.78, 5) is 18.8. The number of hydrogen-bond acceptors (Lipinski definition) is 3. The van der Waals surface area contributed by atoms with Gasteiger partial charge >= 0.3 is 0 Å². The third-order valence-corrected chi connectivity index (χ3v) is 5.78. The molecule has 0 spiro atoms. The molecule has 144 valence electrons. The smallest absolute Gasteiger partial charge is 0.228 e. The molecular weight excluding hydrogens is 376 g/mol. The van der Waals surface area contributed by atoms with Crippen LogP contribution >= 0.6 is 11.8 Å². The highest BCUT2D eigenvalue weighted by Crippen LogP contribution is 2.33. The van der Waals surface area contributed by atoms with E-state index in [9.17, 15) is 4.79 Å². The summed E-state index contributed by atoms with van der Waals surface area (Å²) in [5.74, 6) is -0.0381. The molecule has 0 aliphatic heterocycles. The fourth-order valence-corrected chi connectivity index (χ4v) is 4.18. The summed E-state index contributed by atoms with van der Waals surface area (Å²) < 4.78 is 0. The second kappa shape index (κ2) is 8.50. The monoisotopic (exact) mass is 398 g/mol. The van der Waals surface area contributed by atoms with Gasteiger partial charge in [0.25, 0.3) is 0 Å². The quantitative estimate of drug-likeness (QED) is 0.412. The van der Waals surface area contributed by atoms with Gasteiger partial charge in [0.15, 0.2) is 0 Å². The first-order chi connectivity index (χ1) is 14.2. The molecule has 3 aromatic carbocycles. The Balaban J connectivity index is 1.77. The molecule has 1 amide bonds. The van der Waals surface area contributed by atoms with Crippen LogP contribution in [-0.4, -0.2) is 17.1 Å². The summed E-state index contributed by atoms with van der Waals surface area (Å²) in [7, 11) is 0. The molecule has 0 aliphatic carbocycles. The minimum absolute atomic E-state index is 0.0381. The number of hydrogen-bond donors (Lipinski definition) is 1. The largest absolute Gasteiger partial charge is 0.325 e. The van der Waals surface area contributed by atoms with Crippen molar-refractivity contribution < 1.29 is 4.79 Å². The second-order valence-electron chi connectivity index (χ2n) is 6.86. The van der Waals surface area contributed by atoms with E-state index in [4.69, 9.17) is 4.98 Å². The van der Waals surface area contributed by atoms with E-state index in [0.29, 0.717) is 0 Å². The van der Waals surface area contributed by atoms with Gasteiger partial charge in [-0.2, -0.15) is 0 Å². The number of para-hydroxylation sites is 2. The summed E-state index contributed by atoms with van der Waals surface area (Å²) in [5.41, 5.74) is 5.83. The summed E-state index contributed by atoms with van der Waals surface area (Å²) >= 11 is 1.62. The predicted molar refractivity (Wildman–Crippen MR) is 122 cm³/mol. The van der Waals surface area contributed by atoms with Crippen LogP contribution in [0.25, 0.3) is 22.0 Å². The zero-order valence-electron chi connectivity index (χ0n) is 16.5. The van der Waals surface area contributed by atoms with Gasteiger partial charge in [0.05, 0.1) is 17.6 Å². The van der Waals surface area contributed by atoms with Crippen LogP contribution in [0, 0.1) is 6.92 Å². The van der Waals surface area contributed by atoms with Crippen LogP contribution in [0.4, 0.5) is 5.69 Å². The number of nitrogens with one attached hydrogen (secondary N) is 1. The molecule has 0 saturated heterocycles. The van der Waals surface area contributed by atoms with Crippen LogP contribution in [0.3, 0.4) is 0 Å². The van der Waals surface area contributed by atoms with Gasteiger partial charge in [0, 0.05) is 16.0 Å². The summed E-state index contributed by atoms with van der Waals surface area (Å²) in [6, 6.07) is 26.2. The molecule has 29 heavy (non-hydrogen) atoms. The molecule has 0 bridgehead atoms. The number of aryl methyl sites for hydroxylation is 1. The molecule has 0 aliphatic rings. The van der Waals surface area contributed by atoms with Crippen molar-refractivity contribution in [3.8, 4) is 11.1 Å². The number of thioether (sulfide) groups is 1. The van der Waals surface area contributed by atoms with E-state index < -0.39 is 0 Å². The van der Waals surface area contributed by atoms with E-state index in [0.717, 1.165) is 43.9 Å². The van der Waals surface area contributed by atoms with E-state index in [-0.39, 0.29) is 12.3 Å². The molecule has 0 radical (unpaired) electrons. The van der Waals surface area contributed by atoms with Crippen LogP contribution in [0.15, 0.2) is 83.8 Å². The topological polar surface area (TPSA) is 42.0 Å². The molecule has 1 heterocycles. The Hall–Kier alpha value is -3.11. The molecule has 1 N–H and O–H groups in total. The lowest BCUT2D eigenvalue weighted by Crippen LogP contribution is -2.16. The average molecular weight is 399 g/mol. The summed E-state index contributed by atoms with van der Waals surface area (Å²) in [6.45, 7) is 1.98. The molecule has 4 rings (SSSR count). The average Bonchev–Trinajstić information content (AvgIpc) is 2.75. The highest BCUT2D eigenvalue weighted by molar-refractivity contribution is 7.98. The van der Waals surface area contributed by atoms with Crippen LogP contribution in [-0.2, 0) is 11.2 Å². The second-order valence-corrected chi connectivity index (χ2v) is 7.71. The van der Waals surface area contributed by atoms with Crippen molar-refractivity contribution in [3.63, 3.8) is 0 Å². The van der Waals surface area contributed by atoms with Gasteiger partial charge in [0.1, 0.15) is 0 Å². The number of carbonyl (C=O) groups is 1. The van der Waals surface area contributed by atoms with E-state index in [1.54, 1.807) is 11.8 Å². The first-order valence-corrected chi connectivity index (χ1v) is 10.8. The molecule has 3 nitrogen and oxygen atoms in total. The lowest BCUT2D eigenvalue weighted by molar-refractivity contribution is -0.115. The molecule has 1 aromatic heterocycles. The van der Waals surface area contributed by atoms with Crippen molar-refractivity contribution in [2.45, 2.75) is 18.2 Å². The maximum Gasteiger partial charge on any atom is 0.228 e. The molecule has 4 aromatic rings. The predicted octanol–water partition coefficient (Wildman–Crippen LogP) is 6.11. The summed E-state index contributed by atoms with van der Waals surface area (Å²) in [6.07, 6.45) is 2.28. The number of benzene rings is 3. The van der Waals surface area contributed by atoms with Gasteiger partial charge < -0.3 is 5.32 Å². The van der Waals surface area contributed by atoms with Crippen LogP contribution in [0.2, 0.25) is 0 Å². The van der Waals surface area contributed by atoms with Crippen molar-refractivity contribution in [1.29, 1.82) is 0 Å². The SMILES string of the molecule is CSc1ccccc1NC(=O)Cc1c(C)nc2ccccc2c1-c1ccccc1. The van der Waals surface area contributed by atoms with Gasteiger partial charge in [0.2, 0.25) is 5.91 Å². The van der Waals surface area contributed by atoms with E-state index in [2.05, 4.69) is 23.5 Å². The standard InChI is InChI=1S/C25H22N2OS/c1-17-20(16-24(28)27-22-14-8-9-15-23(22)29-2)25(18-10-4-3-5-11-18)19-12-6-7-13-21(19)26-17/h3-15H,16H2,1-2H3,(H,27,28). The maximum atomic E-state index is 13.0. The number of nitrogens with zero attached hydrogens (tertiary/aromatic N) is 1. The fraction of sp³-hybridized carbons (Fsp3) is 0.120. The highest BCUT2D eigenvalue weighted by atomic mass is 32.2. The molecular formula is C25H22N2OS. The van der Waals surface area contributed by atoms with Gasteiger partial charge in [-0.3, -0.25) is 9.78 Å². The zero-order valence-corrected chi connectivity index (χ0v) is 17.3.